The average Bonchev–Trinajstić information content (AvgIpc) is 2.36. The first kappa shape index (κ1) is 17.0. The van der Waals surface area contributed by atoms with Gasteiger partial charge in [-0.2, -0.15) is 0 Å². The summed E-state index contributed by atoms with van der Waals surface area (Å²) in [6.07, 6.45) is 8.33. The van der Waals surface area contributed by atoms with Crippen molar-refractivity contribution in [3.63, 3.8) is 0 Å². The molecule has 1 rings (SSSR count). The summed E-state index contributed by atoms with van der Waals surface area (Å²) in [5, 5.41) is 3.55. The normalized spacial score (nSPS) is 26.1. The zero-order valence-electron chi connectivity index (χ0n) is 13.9. The van der Waals surface area contributed by atoms with E-state index in [1.165, 1.54) is 45.1 Å². The van der Waals surface area contributed by atoms with E-state index in [1.54, 1.807) is 0 Å². The Kier molecular flexibility index (Phi) is 8.01. The van der Waals surface area contributed by atoms with Gasteiger partial charge in [-0.3, -0.25) is 0 Å². The summed E-state index contributed by atoms with van der Waals surface area (Å²) in [7, 11) is 2.34. The van der Waals surface area contributed by atoms with Crippen LogP contribution in [0.1, 0.15) is 66.2 Å². The minimum atomic E-state index is 0.733. The highest BCUT2D eigenvalue weighted by atomic mass is 15.2. The SMILES string of the molecule is CC(C)CNCCCC(C)N(C)C1CCCC(C)C1. The predicted octanol–water partition coefficient (Wildman–Crippen LogP) is 3.91. The molecule has 0 aromatic heterocycles. The number of rotatable bonds is 8. The molecule has 3 atom stereocenters. The van der Waals surface area contributed by atoms with Crippen molar-refractivity contribution in [1.82, 2.24) is 10.2 Å². The predicted molar refractivity (Wildman–Crippen MR) is 85.6 cm³/mol. The fourth-order valence-corrected chi connectivity index (χ4v) is 3.25. The first-order valence-electron chi connectivity index (χ1n) is 8.43. The van der Waals surface area contributed by atoms with Crippen LogP contribution >= 0.6 is 0 Å². The molecule has 1 fully saturated rings. The van der Waals surface area contributed by atoms with Crippen molar-refractivity contribution in [3.05, 3.63) is 0 Å². The van der Waals surface area contributed by atoms with Crippen molar-refractivity contribution in [1.29, 1.82) is 0 Å². The van der Waals surface area contributed by atoms with Crippen LogP contribution < -0.4 is 5.32 Å². The fraction of sp³-hybridized carbons (Fsp3) is 1.00. The van der Waals surface area contributed by atoms with Crippen LogP contribution in [0.25, 0.3) is 0 Å². The molecule has 0 heterocycles. The van der Waals surface area contributed by atoms with Gasteiger partial charge in [-0.15, -0.1) is 0 Å². The molecule has 1 saturated carbocycles. The van der Waals surface area contributed by atoms with Crippen LogP contribution in [-0.2, 0) is 0 Å². The Hall–Kier alpha value is -0.0800. The molecule has 0 amide bonds. The van der Waals surface area contributed by atoms with Crippen molar-refractivity contribution in [2.75, 3.05) is 20.1 Å². The lowest BCUT2D eigenvalue weighted by Crippen LogP contribution is -2.41. The van der Waals surface area contributed by atoms with Gasteiger partial charge in [0, 0.05) is 12.1 Å². The Bertz CT molecular complexity index is 227. The molecule has 0 aliphatic heterocycles. The van der Waals surface area contributed by atoms with Crippen LogP contribution in [0, 0.1) is 11.8 Å². The quantitative estimate of drug-likeness (QED) is 0.671. The molecule has 19 heavy (non-hydrogen) atoms. The highest BCUT2D eigenvalue weighted by Crippen LogP contribution is 2.28. The molecule has 0 bridgehead atoms. The third kappa shape index (κ3) is 6.76. The summed E-state index contributed by atoms with van der Waals surface area (Å²) in [6.45, 7) is 11.7. The van der Waals surface area contributed by atoms with Gasteiger partial charge in [0.05, 0.1) is 0 Å². The van der Waals surface area contributed by atoms with Crippen LogP contribution in [0.2, 0.25) is 0 Å². The molecule has 2 nitrogen and oxygen atoms in total. The summed E-state index contributed by atoms with van der Waals surface area (Å²) >= 11 is 0. The molecule has 0 saturated heterocycles. The standard InChI is InChI=1S/C17H36N2/c1-14(2)13-18-11-7-9-16(4)19(5)17-10-6-8-15(3)12-17/h14-18H,6-13H2,1-5H3. The zero-order chi connectivity index (χ0) is 14.3. The maximum Gasteiger partial charge on any atom is 0.00975 e. The van der Waals surface area contributed by atoms with Gasteiger partial charge in [-0.25, -0.2) is 0 Å². The first-order chi connectivity index (χ1) is 9.00. The number of nitrogens with one attached hydrogen (secondary N) is 1. The second-order valence-corrected chi connectivity index (χ2v) is 7.18. The van der Waals surface area contributed by atoms with E-state index >= 15 is 0 Å². The Morgan fingerprint density at radius 3 is 2.58 bits per heavy atom. The summed E-state index contributed by atoms with van der Waals surface area (Å²) in [5.74, 6) is 1.70. The van der Waals surface area contributed by atoms with Crippen LogP contribution in [0.15, 0.2) is 0 Å². The van der Waals surface area contributed by atoms with Gasteiger partial charge in [0.2, 0.25) is 0 Å². The number of hydrogen-bond donors (Lipinski definition) is 1. The van der Waals surface area contributed by atoms with Gasteiger partial charge in [-0.05, 0) is 64.6 Å². The lowest BCUT2D eigenvalue weighted by atomic mass is 9.86. The van der Waals surface area contributed by atoms with Gasteiger partial charge in [0.25, 0.3) is 0 Å². The zero-order valence-corrected chi connectivity index (χ0v) is 13.9. The lowest BCUT2D eigenvalue weighted by molar-refractivity contribution is 0.120. The van der Waals surface area contributed by atoms with E-state index in [1.807, 2.05) is 0 Å². The molecule has 0 aromatic rings. The molecule has 0 radical (unpaired) electrons. The summed E-state index contributed by atoms with van der Waals surface area (Å²) in [6, 6.07) is 1.57. The third-order valence-electron chi connectivity index (χ3n) is 4.71. The molecule has 1 aliphatic rings. The van der Waals surface area contributed by atoms with E-state index < -0.39 is 0 Å². The summed E-state index contributed by atoms with van der Waals surface area (Å²) in [5.41, 5.74) is 0. The Morgan fingerprint density at radius 2 is 1.95 bits per heavy atom. The van der Waals surface area contributed by atoms with Crippen LogP contribution in [-0.4, -0.2) is 37.1 Å². The molecule has 0 spiro atoms. The van der Waals surface area contributed by atoms with Gasteiger partial charge in [-0.1, -0.05) is 33.6 Å². The van der Waals surface area contributed by atoms with Crippen molar-refractivity contribution in [3.8, 4) is 0 Å². The molecular weight excluding hydrogens is 232 g/mol. The maximum absolute atomic E-state index is 3.55. The van der Waals surface area contributed by atoms with Crippen LogP contribution in [0.4, 0.5) is 0 Å². The van der Waals surface area contributed by atoms with Crippen molar-refractivity contribution < 1.29 is 0 Å². The molecule has 3 unspecified atom stereocenters. The third-order valence-corrected chi connectivity index (χ3v) is 4.71. The van der Waals surface area contributed by atoms with Gasteiger partial charge >= 0.3 is 0 Å². The Morgan fingerprint density at radius 1 is 1.21 bits per heavy atom. The highest BCUT2D eigenvalue weighted by molar-refractivity contribution is 4.80. The van der Waals surface area contributed by atoms with Gasteiger partial charge in [0.15, 0.2) is 0 Å². The largest absolute Gasteiger partial charge is 0.316 e. The molecule has 0 aromatic carbocycles. The van der Waals surface area contributed by atoms with E-state index in [2.05, 4.69) is 45.0 Å². The minimum Gasteiger partial charge on any atom is -0.316 e. The van der Waals surface area contributed by atoms with Crippen molar-refractivity contribution >= 4 is 0 Å². The Balaban J connectivity index is 2.15. The number of nitrogens with zero attached hydrogens (tertiary/aromatic N) is 1. The molecule has 2 heteroatoms. The van der Waals surface area contributed by atoms with E-state index in [-0.39, 0.29) is 0 Å². The molecule has 114 valence electrons. The monoisotopic (exact) mass is 268 g/mol. The smallest absolute Gasteiger partial charge is 0.00975 e. The van der Waals surface area contributed by atoms with E-state index in [4.69, 9.17) is 0 Å². The lowest BCUT2D eigenvalue weighted by Gasteiger charge is -2.37. The second-order valence-electron chi connectivity index (χ2n) is 7.18. The summed E-state index contributed by atoms with van der Waals surface area (Å²) < 4.78 is 0. The van der Waals surface area contributed by atoms with Crippen LogP contribution in [0.5, 0.6) is 0 Å². The molecule has 1 N–H and O–H groups in total. The first-order valence-corrected chi connectivity index (χ1v) is 8.43. The van der Waals surface area contributed by atoms with E-state index in [9.17, 15) is 0 Å². The average molecular weight is 268 g/mol. The van der Waals surface area contributed by atoms with E-state index in [0.717, 1.165) is 30.5 Å². The fourth-order valence-electron chi connectivity index (χ4n) is 3.25. The van der Waals surface area contributed by atoms with Crippen LogP contribution in [0.3, 0.4) is 0 Å². The highest BCUT2D eigenvalue weighted by Gasteiger charge is 2.24. The summed E-state index contributed by atoms with van der Waals surface area (Å²) in [4.78, 5) is 2.65. The minimum absolute atomic E-state index is 0.733. The van der Waals surface area contributed by atoms with Gasteiger partial charge in [0.1, 0.15) is 0 Å². The topological polar surface area (TPSA) is 15.3 Å². The number of hydrogen-bond acceptors (Lipinski definition) is 2. The maximum atomic E-state index is 3.55. The van der Waals surface area contributed by atoms with Crippen molar-refractivity contribution in [2.45, 2.75) is 78.3 Å². The Labute approximate surface area is 121 Å². The second kappa shape index (κ2) is 8.97. The van der Waals surface area contributed by atoms with E-state index in [0.29, 0.717) is 0 Å². The van der Waals surface area contributed by atoms with Crippen molar-refractivity contribution in [2.24, 2.45) is 11.8 Å². The molecule has 1 aliphatic carbocycles. The molecular formula is C17H36N2. The van der Waals surface area contributed by atoms with Gasteiger partial charge < -0.3 is 10.2 Å².